The lowest BCUT2D eigenvalue weighted by Gasteiger charge is -2.26. The second-order valence-electron chi connectivity index (χ2n) is 10.5. The van der Waals surface area contributed by atoms with Gasteiger partial charge in [-0.1, -0.05) is 26.0 Å². The number of fused-ring (bicyclic) bond motifs is 1. The van der Waals surface area contributed by atoms with Crippen LogP contribution in [0, 0.1) is 11.8 Å². The first kappa shape index (κ1) is 25.2. The quantitative estimate of drug-likeness (QED) is 0.560. The molecular weight excluding hydrogens is 442 g/mol. The van der Waals surface area contributed by atoms with Crippen molar-refractivity contribution >= 4 is 11.9 Å². The highest BCUT2D eigenvalue weighted by Crippen LogP contribution is 2.34. The molecule has 0 N–H and O–H groups in total. The third-order valence-corrected chi connectivity index (χ3v) is 6.81. The highest BCUT2D eigenvalue weighted by Gasteiger charge is 2.43. The van der Waals surface area contributed by atoms with Crippen LogP contribution in [0.2, 0.25) is 0 Å². The van der Waals surface area contributed by atoms with Crippen LogP contribution in [0.1, 0.15) is 34.6 Å². The molecule has 8 nitrogen and oxygen atoms in total. The molecule has 1 aromatic carbocycles. The predicted octanol–water partition coefficient (Wildman–Crippen LogP) is 4.17. The Kier molecular flexibility index (Phi) is 7.79. The van der Waals surface area contributed by atoms with Crippen molar-refractivity contribution in [2.24, 2.45) is 11.8 Å². The van der Waals surface area contributed by atoms with Gasteiger partial charge in [-0.05, 0) is 58.1 Å². The summed E-state index contributed by atoms with van der Waals surface area (Å²) in [4.78, 5) is 18.9. The fourth-order valence-corrected chi connectivity index (χ4v) is 4.88. The summed E-state index contributed by atoms with van der Waals surface area (Å²) in [7, 11) is 0. The van der Waals surface area contributed by atoms with E-state index in [-0.39, 0.29) is 6.09 Å². The third kappa shape index (κ3) is 6.42. The fraction of sp³-hybridized carbons (Fsp3) is 0.593. The molecule has 0 bridgehead atoms. The molecule has 1 aromatic heterocycles. The lowest BCUT2D eigenvalue weighted by atomic mass is 10.0. The number of rotatable bonds is 8. The average Bonchev–Trinajstić information content (AvgIpc) is 3.41. The topological polar surface area (TPSA) is 71.0 Å². The Morgan fingerprint density at radius 1 is 1.03 bits per heavy atom. The van der Waals surface area contributed by atoms with Gasteiger partial charge in [0.2, 0.25) is 0 Å². The van der Waals surface area contributed by atoms with Crippen LogP contribution in [0.3, 0.4) is 0 Å². The summed E-state index contributed by atoms with van der Waals surface area (Å²) in [5, 5.41) is 9.03. The predicted molar refractivity (Wildman–Crippen MR) is 138 cm³/mol. The number of benzene rings is 1. The average molecular weight is 482 g/mol. The summed E-state index contributed by atoms with van der Waals surface area (Å²) in [5.41, 5.74) is 1.36. The van der Waals surface area contributed by atoms with Gasteiger partial charge in [0.05, 0.1) is 5.69 Å². The molecule has 190 valence electrons. The maximum atomic E-state index is 12.4. The molecule has 2 aliphatic rings. The zero-order valence-electron chi connectivity index (χ0n) is 21.7. The van der Waals surface area contributed by atoms with E-state index in [1.807, 2.05) is 62.1 Å². The molecule has 0 saturated carbocycles. The summed E-state index contributed by atoms with van der Waals surface area (Å²) >= 11 is 0. The number of nitrogens with zero attached hydrogens (tertiary/aromatic N) is 5. The minimum atomic E-state index is -0.463. The number of amides is 1. The molecule has 0 spiro atoms. The van der Waals surface area contributed by atoms with E-state index in [9.17, 15) is 4.79 Å². The summed E-state index contributed by atoms with van der Waals surface area (Å²) in [5.74, 6) is 2.62. The van der Waals surface area contributed by atoms with Crippen LogP contribution in [-0.4, -0.2) is 84.1 Å². The summed E-state index contributed by atoms with van der Waals surface area (Å²) in [6, 6.07) is 12.1. The van der Waals surface area contributed by atoms with Crippen molar-refractivity contribution in [3.8, 4) is 17.0 Å². The van der Waals surface area contributed by atoms with Gasteiger partial charge in [0, 0.05) is 50.1 Å². The first-order valence-corrected chi connectivity index (χ1v) is 12.8. The number of likely N-dealkylation sites (tertiary alicyclic amines) is 1. The van der Waals surface area contributed by atoms with Crippen LogP contribution < -0.4 is 9.64 Å². The lowest BCUT2D eigenvalue weighted by Crippen LogP contribution is -2.37. The third-order valence-electron chi connectivity index (χ3n) is 6.81. The van der Waals surface area contributed by atoms with Crippen molar-refractivity contribution in [1.82, 2.24) is 20.0 Å². The number of aromatic nitrogens is 2. The highest BCUT2D eigenvalue weighted by atomic mass is 16.6. The van der Waals surface area contributed by atoms with Crippen LogP contribution in [0.25, 0.3) is 11.3 Å². The molecule has 8 heteroatoms. The van der Waals surface area contributed by atoms with Gasteiger partial charge in [0.15, 0.2) is 5.82 Å². The Hall–Kier alpha value is -2.87. The molecule has 2 unspecified atom stereocenters. The molecule has 2 fully saturated rings. The van der Waals surface area contributed by atoms with Crippen molar-refractivity contribution in [3.05, 3.63) is 36.4 Å². The Labute approximate surface area is 209 Å². The molecule has 35 heavy (non-hydrogen) atoms. The standard InChI is InChI=1S/C27H39N5O3/c1-6-30(7-2)13-14-34-23-10-8-9-20(15-23)24-11-12-25(29-28-24)31-16-21-18-32(19-22(21)17-31)26(33)35-27(3,4)5/h8-12,15,21-22H,6-7,13-14,16-19H2,1-5H3. The minimum Gasteiger partial charge on any atom is -0.492 e. The highest BCUT2D eigenvalue weighted by molar-refractivity contribution is 5.68. The zero-order valence-corrected chi connectivity index (χ0v) is 21.7. The van der Waals surface area contributed by atoms with E-state index in [2.05, 4.69) is 33.8 Å². The second kappa shape index (κ2) is 10.8. The zero-order chi connectivity index (χ0) is 25.0. The normalized spacial score (nSPS) is 19.8. The van der Waals surface area contributed by atoms with Crippen molar-refractivity contribution in [2.45, 2.75) is 40.2 Å². The number of hydrogen-bond acceptors (Lipinski definition) is 7. The van der Waals surface area contributed by atoms with Crippen LogP contribution in [-0.2, 0) is 4.74 Å². The SMILES string of the molecule is CCN(CC)CCOc1cccc(-c2ccc(N3CC4CN(C(=O)OC(C)(C)C)CC4C3)nn2)c1. The van der Waals surface area contributed by atoms with Crippen molar-refractivity contribution < 1.29 is 14.3 Å². The Morgan fingerprint density at radius 3 is 2.34 bits per heavy atom. The van der Waals surface area contributed by atoms with E-state index in [4.69, 9.17) is 9.47 Å². The fourth-order valence-electron chi connectivity index (χ4n) is 4.88. The van der Waals surface area contributed by atoms with Crippen LogP contribution in [0.5, 0.6) is 5.75 Å². The van der Waals surface area contributed by atoms with Crippen molar-refractivity contribution in [1.29, 1.82) is 0 Å². The van der Waals surface area contributed by atoms with Crippen LogP contribution >= 0.6 is 0 Å². The number of carbonyl (C=O) groups excluding carboxylic acids is 1. The summed E-state index contributed by atoms with van der Waals surface area (Å²) in [6.45, 7) is 16.9. The van der Waals surface area contributed by atoms with E-state index >= 15 is 0 Å². The second-order valence-corrected chi connectivity index (χ2v) is 10.5. The largest absolute Gasteiger partial charge is 0.492 e. The number of anilines is 1. The molecule has 0 radical (unpaired) electrons. The van der Waals surface area contributed by atoms with E-state index in [1.165, 1.54) is 0 Å². The Bertz CT molecular complexity index is 973. The molecular formula is C27H39N5O3. The van der Waals surface area contributed by atoms with Crippen molar-refractivity contribution in [3.63, 3.8) is 0 Å². The van der Waals surface area contributed by atoms with Crippen molar-refractivity contribution in [2.75, 3.05) is 57.3 Å². The molecule has 2 saturated heterocycles. The Morgan fingerprint density at radius 2 is 1.74 bits per heavy atom. The molecule has 2 aliphatic heterocycles. The molecule has 4 rings (SSSR count). The van der Waals surface area contributed by atoms with E-state index < -0.39 is 5.60 Å². The van der Waals surface area contributed by atoms with Gasteiger partial charge < -0.3 is 24.2 Å². The smallest absolute Gasteiger partial charge is 0.410 e. The van der Waals surface area contributed by atoms with Gasteiger partial charge in [-0.3, -0.25) is 0 Å². The lowest BCUT2D eigenvalue weighted by molar-refractivity contribution is 0.0282. The first-order valence-electron chi connectivity index (χ1n) is 12.8. The van der Waals surface area contributed by atoms with Gasteiger partial charge in [-0.25, -0.2) is 4.79 Å². The molecule has 2 atom stereocenters. The number of hydrogen-bond donors (Lipinski definition) is 0. The van der Waals surface area contributed by atoms with Crippen LogP contribution in [0.15, 0.2) is 36.4 Å². The summed E-state index contributed by atoms with van der Waals surface area (Å²) in [6.07, 6.45) is -0.207. The van der Waals surface area contributed by atoms with Gasteiger partial charge >= 0.3 is 6.09 Å². The molecule has 0 aliphatic carbocycles. The Balaban J connectivity index is 1.31. The first-order chi connectivity index (χ1) is 16.8. The van der Waals surface area contributed by atoms with Gasteiger partial charge in [-0.2, -0.15) is 0 Å². The van der Waals surface area contributed by atoms with Crippen LogP contribution in [0.4, 0.5) is 10.6 Å². The number of likely N-dealkylation sites (N-methyl/N-ethyl adjacent to an activating group) is 1. The number of carbonyl (C=O) groups is 1. The maximum Gasteiger partial charge on any atom is 0.410 e. The van der Waals surface area contributed by atoms with Gasteiger partial charge in [-0.15, -0.1) is 10.2 Å². The number of ether oxygens (including phenoxy) is 2. The van der Waals surface area contributed by atoms with E-state index in [1.54, 1.807) is 0 Å². The maximum absolute atomic E-state index is 12.4. The molecule has 3 heterocycles. The monoisotopic (exact) mass is 481 g/mol. The van der Waals surface area contributed by atoms with Gasteiger partial charge in [0.1, 0.15) is 18.0 Å². The molecule has 1 amide bonds. The van der Waals surface area contributed by atoms with E-state index in [0.717, 1.165) is 68.6 Å². The van der Waals surface area contributed by atoms with E-state index in [0.29, 0.717) is 18.4 Å². The molecule has 2 aromatic rings. The minimum absolute atomic E-state index is 0.207. The summed E-state index contributed by atoms with van der Waals surface area (Å²) < 4.78 is 11.5. The van der Waals surface area contributed by atoms with Gasteiger partial charge in [0.25, 0.3) is 0 Å².